The zero-order chi connectivity index (χ0) is 18.5. The van der Waals surface area contributed by atoms with E-state index in [0.717, 1.165) is 50.3 Å². The van der Waals surface area contributed by atoms with E-state index in [1.165, 1.54) is 16.7 Å². The lowest BCUT2D eigenvalue weighted by molar-refractivity contribution is 0.0935. The van der Waals surface area contributed by atoms with Crippen molar-refractivity contribution < 1.29 is 4.79 Å². The first kappa shape index (κ1) is 18.6. The largest absolute Gasteiger partial charge is 0.352 e. The summed E-state index contributed by atoms with van der Waals surface area (Å²) < 4.78 is 0. The molecular formula is C22H29N3O. The Hall–Kier alpha value is -2.20. The monoisotopic (exact) mass is 351 g/mol. The molecule has 1 fully saturated rings. The number of aryl methyl sites for hydroxylation is 3. The van der Waals surface area contributed by atoms with Crippen LogP contribution in [-0.2, 0) is 6.54 Å². The molecule has 0 saturated carbocycles. The number of rotatable bonds is 5. The van der Waals surface area contributed by atoms with Crippen molar-refractivity contribution in [3.05, 3.63) is 64.5 Å². The van der Waals surface area contributed by atoms with Crippen molar-refractivity contribution in [2.45, 2.75) is 40.2 Å². The summed E-state index contributed by atoms with van der Waals surface area (Å²) in [7, 11) is 0. The molecular weight excluding hydrogens is 322 g/mol. The second kappa shape index (κ2) is 8.45. The number of pyridine rings is 1. The highest BCUT2D eigenvalue weighted by Crippen LogP contribution is 2.19. The van der Waals surface area contributed by atoms with Crippen LogP contribution in [0.15, 0.2) is 36.5 Å². The molecule has 1 N–H and O–H groups in total. The average molecular weight is 351 g/mol. The lowest BCUT2D eigenvalue weighted by atomic mass is 9.96. The summed E-state index contributed by atoms with van der Waals surface area (Å²) in [5.41, 5.74) is 5.58. The Morgan fingerprint density at radius 1 is 1.15 bits per heavy atom. The predicted octanol–water partition coefficient (Wildman–Crippen LogP) is 3.65. The minimum Gasteiger partial charge on any atom is -0.352 e. The van der Waals surface area contributed by atoms with E-state index in [-0.39, 0.29) is 5.91 Å². The number of piperidine rings is 1. The van der Waals surface area contributed by atoms with Crippen molar-refractivity contribution in [3.63, 3.8) is 0 Å². The van der Waals surface area contributed by atoms with Crippen molar-refractivity contribution in [2.75, 3.05) is 19.6 Å². The van der Waals surface area contributed by atoms with Gasteiger partial charge in [0.15, 0.2) is 0 Å². The zero-order valence-electron chi connectivity index (χ0n) is 16.1. The van der Waals surface area contributed by atoms with Gasteiger partial charge < -0.3 is 5.32 Å². The van der Waals surface area contributed by atoms with Gasteiger partial charge in [-0.15, -0.1) is 0 Å². The summed E-state index contributed by atoms with van der Waals surface area (Å²) >= 11 is 0. The highest BCUT2D eigenvalue weighted by molar-refractivity contribution is 5.94. The molecule has 3 rings (SSSR count). The molecule has 2 aromatic rings. The van der Waals surface area contributed by atoms with Gasteiger partial charge in [-0.2, -0.15) is 0 Å². The minimum atomic E-state index is 0.0358. The number of carbonyl (C=O) groups is 1. The molecule has 0 atom stereocenters. The van der Waals surface area contributed by atoms with Crippen molar-refractivity contribution in [3.8, 4) is 0 Å². The summed E-state index contributed by atoms with van der Waals surface area (Å²) in [6, 6.07) is 10.00. The van der Waals surface area contributed by atoms with E-state index in [0.29, 0.717) is 5.92 Å². The van der Waals surface area contributed by atoms with Gasteiger partial charge in [-0.1, -0.05) is 23.8 Å². The highest BCUT2D eigenvalue weighted by Gasteiger charge is 2.20. The fourth-order valence-electron chi connectivity index (χ4n) is 3.44. The third-order valence-corrected chi connectivity index (χ3v) is 5.37. The maximum Gasteiger partial charge on any atom is 0.251 e. The van der Waals surface area contributed by atoms with Crippen molar-refractivity contribution in [1.82, 2.24) is 15.2 Å². The molecule has 0 aliphatic carbocycles. The van der Waals surface area contributed by atoms with Crippen LogP contribution in [0.5, 0.6) is 0 Å². The molecule has 2 heterocycles. The van der Waals surface area contributed by atoms with Crippen LogP contribution in [0, 0.1) is 26.7 Å². The standard InChI is InChI=1S/C22H29N3O/c1-16-4-6-21(7-5-16)22(26)24-13-19-8-10-25(11-9-19)15-20-12-17(2)18(3)23-14-20/h4-7,12,14,19H,8-11,13,15H2,1-3H3,(H,24,26). The van der Waals surface area contributed by atoms with Gasteiger partial charge in [0, 0.05) is 30.5 Å². The molecule has 1 amide bonds. The molecule has 4 heteroatoms. The molecule has 1 aromatic heterocycles. The number of likely N-dealkylation sites (tertiary alicyclic amines) is 1. The predicted molar refractivity (Wildman–Crippen MR) is 105 cm³/mol. The molecule has 1 aliphatic heterocycles. The van der Waals surface area contributed by atoms with Gasteiger partial charge >= 0.3 is 0 Å². The van der Waals surface area contributed by atoms with Gasteiger partial charge in [0.1, 0.15) is 0 Å². The number of carbonyl (C=O) groups excluding carboxylic acids is 1. The molecule has 1 aliphatic rings. The van der Waals surface area contributed by atoms with Gasteiger partial charge in [-0.05, 0) is 75.9 Å². The Kier molecular flexibility index (Phi) is 6.04. The Morgan fingerprint density at radius 3 is 2.50 bits per heavy atom. The molecule has 0 radical (unpaired) electrons. The van der Waals surface area contributed by atoms with Crippen LogP contribution in [0.1, 0.15) is 45.6 Å². The fourth-order valence-corrected chi connectivity index (χ4v) is 3.44. The summed E-state index contributed by atoms with van der Waals surface area (Å²) in [6.45, 7) is 10.1. The summed E-state index contributed by atoms with van der Waals surface area (Å²) in [4.78, 5) is 19.2. The van der Waals surface area contributed by atoms with Crippen LogP contribution in [-0.4, -0.2) is 35.4 Å². The number of hydrogen-bond donors (Lipinski definition) is 1. The molecule has 0 unspecified atom stereocenters. The number of hydrogen-bond acceptors (Lipinski definition) is 3. The van der Waals surface area contributed by atoms with Crippen LogP contribution >= 0.6 is 0 Å². The summed E-state index contributed by atoms with van der Waals surface area (Å²) in [5.74, 6) is 0.604. The van der Waals surface area contributed by atoms with Crippen LogP contribution in [0.2, 0.25) is 0 Å². The van der Waals surface area contributed by atoms with Gasteiger partial charge in [-0.3, -0.25) is 14.7 Å². The fraction of sp³-hybridized carbons (Fsp3) is 0.455. The number of nitrogens with zero attached hydrogens (tertiary/aromatic N) is 2. The van der Waals surface area contributed by atoms with Gasteiger partial charge in [0.2, 0.25) is 0 Å². The van der Waals surface area contributed by atoms with E-state index in [1.807, 2.05) is 37.4 Å². The molecule has 4 nitrogen and oxygen atoms in total. The van der Waals surface area contributed by atoms with E-state index < -0.39 is 0 Å². The summed E-state index contributed by atoms with van der Waals surface area (Å²) in [6.07, 6.45) is 4.26. The van der Waals surface area contributed by atoms with Crippen molar-refractivity contribution >= 4 is 5.91 Å². The smallest absolute Gasteiger partial charge is 0.251 e. The first-order valence-corrected chi connectivity index (χ1v) is 9.50. The van der Waals surface area contributed by atoms with E-state index in [1.54, 1.807) is 0 Å². The van der Waals surface area contributed by atoms with Crippen LogP contribution in [0.25, 0.3) is 0 Å². The molecule has 1 aromatic carbocycles. The Morgan fingerprint density at radius 2 is 1.85 bits per heavy atom. The maximum atomic E-state index is 12.2. The number of benzene rings is 1. The number of aromatic nitrogens is 1. The topological polar surface area (TPSA) is 45.2 Å². The quantitative estimate of drug-likeness (QED) is 0.894. The minimum absolute atomic E-state index is 0.0358. The van der Waals surface area contributed by atoms with Crippen molar-refractivity contribution in [1.29, 1.82) is 0 Å². The molecule has 1 saturated heterocycles. The highest BCUT2D eigenvalue weighted by atomic mass is 16.1. The van der Waals surface area contributed by atoms with Gasteiger partial charge in [-0.25, -0.2) is 0 Å². The third kappa shape index (κ3) is 4.92. The van der Waals surface area contributed by atoms with Crippen LogP contribution < -0.4 is 5.32 Å². The Balaban J connectivity index is 1.42. The Labute approximate surface area is 156 Å². The van der Waals surface area contributed by atoms with Gasteiger partial charge in [0.25, 0.3) is 5.91 Å². The number of nitrogens with one attached hydrogen (secondary N) is 1. The lowest BCUT2D eigenvalue weighted by Crippen LogP contribution is -2.38. The zero-order valence-corrected chi connectivity index (χ0v) is 16.1. The maximum absolute atomic E-state index is 12.2. The third-order valence-electron chi connectivity index (χ3n) is 5.37. The molecule has 26 heavy (non-hydrogen) atoms. The Bertz CT molecular complexity index is 746. The molecule has 138 valence electrons. The molecule has 0 bridgehead atoms. The van der Waals surface area contributed by atoms with Crippen LogP contribution in [0.4, 0.5) is 0 Å². The van der Waals surface area contributed by atoms with E-state index in [2.05, 4.69) is 35.1 Å². The van der Waals surface area contributed by atoms with E-state index in [9.17, 15) is 4.79 Å². The SMILES string of the molecule is Cc1ccc(C(=O)NCC2CCN(Cc3cnc(C)c(C)c3)CC2)cc1. The first-order valence-electron chi connectivity index (χ1n) is 9.50. The van der Waals surface area contributed by atoms with Gasteiger partial charge in [0.05, 0.1) is 0 Å². The second-order valence-corrected chi connectivity index (χ2v) is 7.54. The summed E-state index contributed by atoms with van der Waals surface area (Å²) in [5, 5.41) is 3.10. The van der Waals surface area contributed by atoms with E-state index in [4.69, 9.17) is 0 Å². The van der Waals surface area contributed by atoms with Crippen molar-refractivity contribution in [2.24, 2.45) is 5.92 Å². The molecule has 0 spiro atoms. The second-order valence-electron chi connectivity index (χ2n) is 7.54. The van der Waals surface area contributed by atoms with E-state index >= 15 is 0 Å². The lowest BCUT2D eigenvalue weighted by Gasteiger charge is -2.32. The normalized spacial score (nSPS) is 15.8. The first-order chi connectivity index (χ1) is 12.5. The average Bonchev–Trinajstić information content (AvgIpc) is 2.64. The van der Waals surface area contributed by atoms with Crippen LogP contribution in [0.3, 0.4) is 0 Å². The number of amides is 1.